The molecule has 0 aliphatic rings. The Hall–Kier alpha value is -2.11. The lowest BCUT2D eigenvalue weighted by Crippen LogP contribution is -2.30. The van der Waals surface area contributed by atoms with E-state index in [1.807, 2.05) is 0 Å². The molecule has 15 heavy (non-hydrogen) atoms. The van der Waals surface area contributed by atoms with Gasteiger partial charge in [-0.1, -0.05) is 6.58 Å². The normalized spacial score (nSPS) is 9.60. The van der Waals surface area contributed by atoms with Crippen molar-refractivity contribution in [3.8, 4) is 0 Å². The Kier molecular flexibility index (Phi) is 3.61. The summed E-state index contributed by atoms with van der Waals surface area (Å²) in [5, 5.41) is 0. The minimum Gasteiger partial charge on any atom is -0.461 e. The van der Waals surface area contributed by atoms with E-state index in [9.17, 15) is 14.4 Å². The van der Waals surface area contributed by atoms with E-state index in [2.05, 4.69) is 16.3 Å². The van der Waals surface area contributed by atoms with Crippen LogP contribution in [0.5, 0.6) is 0 Å². The summed E-state index contributed by atoms with van der Waals surface area (Å²) in [5.41, 5.74) is -0.989. The van der Waals surface area contributed by atoms with E-state index in [4.69, 9.17) is 0 Å². The van der Waals surface area contributed by atoms with E-state index < -0.39 is 17.2 Å². The lowest BCUT2D eigenvalue weighted by molar-refractivity contribution is -0.138. The molecule has 0 spiro atoms. The molecule has 1 aromatic rings. The second-order valence-electron chi connectivity index (χ2n) is 2.68. The zero-order valence-electron chi connectivity index (χ0n) is 7.93. The number of aromatic nitrogens is 2. The van der Waals surface area contributed by atoms with Crippen molar-refractivity contribution in [1.29, 1.82) is 0 Å². The van der Waals surface area contributed by atoms with Crippen LogP contribution in [0.25, 0.3) is 0 Å². The predicted octanol–water partition coefficient (Wildman–Crippen LogP) is -0.734. The molecular formula is C9H10N2O4. The summed E-state index contributed by atoms with van der Waals surface area (Å²) in [6.45, 7) is 3.47. The molecule has 0 amide bonds. The quantitative estimate of drug-likeness (QED) is 0.524. The molecule has 0 bridgehead atoms. The van der Waals surface area contributed by atoms with E-state index in [0.29, 0.717) is 0 Å². The number of aromatic amines is 1. The van der Waals surface area contributed by atoms with Gasteiger partial charge in [-0.15, -0.1) is 0 Å². The summed E-state index contributed by atoms with van der Waals surface area (Å²) in [4.78, 5) is 34.6. The summed E-state index contributed by atoms with van der Waals surface area (Å²) in [6.07, 6.45) is 2.37. The van der Waals surface area contributed by atoms with Gasteiger partial charge in [0.15, 0.2) is 0 Å². The molecule has 0 aromatic carbocycles. The van der Waals surface area contributed by atoms with Crippen LogP contribution in [0.4, 0.5) is 0 Å². The van der Waals surface area contributed by atoms with Gasteiger partial charge in [-0.2, -0.15) is 0 Å². The zero-order valence-corrected chi connectivity index (χ0v) is 7.93. The number of hydrogen-bond acceptors (Lipinski definition) is 4. The summed E-state index contributed by atoms with van der Waals surface area (Å²) in [6, 6.07) is 1.22. The second-order valence-corrected chi connectivity index (χ2v) is 2.68. The number of carbonyl (C=O) groups is 1. The van der Waals surface area contributed by atoms with Crippen molar-refractivity contribution < 1.29 is 9.53 Å². The van der Waals surface area contributed by atoms with Gasteiger partial charge >= 0.3 is 11.7 Å². The molecule has 1 aromatic heterocycles. The Morgan fingerprint density at radius 1 is 1.60 bits per heavy atom. The minimum absolute atomic E-state index is 0.0524. The third-order valence-electron chi connectivity index (χ3n) is 1.64. The molecule has 6 heteroatoms. The molecular weight excluding hydrogens is 200 g/mol. The van der Waals surface area contributed by atoms with Crippen molar-refractivity contribution in [2.24, 2.45) is 0 Å². The molecule has 0 saturated carbocycles. The maximum atomic E-state index is 11.1. The first-order chi connectivity index (χ1) is 7.13. The van der Waals surface area contributed by atoms with Crippen LogP contribution in [0.2, 0.25) is 0 Å². The van der Waals surface area contributed by atoms with E-state index in [1.165, 1.54) is 16.8 Å². The SMILES string of the molecule is C=CC(=O)OCCn1ccc(=O)[nH]c1=O. The molecule has 1 rings (SSSR count). The number of nitrogens with zero attached hydrogens (tertiary/aromatic N) is 1. The van der Waals surface area contributed by atoms with Crippen molar-refractivity contribution >= 4 is 5.97 Å². The minimum atomic E-state index is -0.549. The van der Waals surface area contributed by atoms with Crippen molar-refractivity contribution in [2.75, 3.05) is 6.61 Å². The highest BCUT2D eigenvalue weighted by Crippen LogP contribution is 1.82. The van der Waals surface area contributed by atoms with Crippen molar-refractivity contribution in [3.63, 3.8) is 0 Å². The average molecular weight is 210 g/mol. The van der Waals surface area contributed by atoms with Crippen LogP contribution >= 0.6 is 0 Å². The van der Waals surface area contributed by atoms with E-state index in [0.717, 1.165) is 6.08 Å². The van der Waals surface area contributed by atoms with Crippen LogP contribution in [0.3, 0.4) is 0 Å². The number of esters is 1. The highest BCUT2D eigenvalue weighted by atomic mass is 16.5. The maximum Gasteiger partial charge on any atom is 0.330 e. The maximum absolute atomic E-state index is 11.1. The summed E-state index contributed by atoms with van der Waals surface area (Å²) in [5.74, 6) is -0.549. The van der Waals surface area contributed by atoms with Gasteiger partial charge in [0.2, 0.25) is 0 Å². The molecule has 0 fully saturated rings. The second kappa shape index (κ2) is 4.94. The van der Waals surface area contributed by atoms with Gasteiger partial charge in [0, 0.05) is 18.3 Å². The molecule has 1 heterocycles. The molecule has 0 atom stereocenters. The molecule has 80 valence electrons. The van der Waals surface area contributed by atoms with E-state index in [-0.39, 0.29) is 13.2 Å². The molecule has 0 aliphatic heterocycles. The van der Waals surface area contributed by atoms with E-state index in [1.54, 1.807) is 0 Å². The molecule has 0 radical (unpaired) electrons. The Balaban J connectivity index is 2.58. The number of nitrogens with one attached hydrogen (secondary N) is 1. The average Bonchev–Trinajstić information content (AvgIpc) is 2.21. The fourth-order valence-electron chi connectivity index (χ4n) is 0.924. The van der Waals surface area contributed by atoms with Crippen LogP contribution in [0.1, 0.15) is 0 Å². The van der Waals surface area contributed by atoms with Gasteiger partial charge in [0.1, 0.15) is 6.61 Å². The third-order valence-corrected chi connectivity index (χ3v) is 1.64. The van der Waals surface area contributed by atoms with Crippen LogP contribution in [-0.2, 0) is 16.1 Å². The van der Waals surface area contributed by atoms with Gasteiger partial charge in [-0.05, 0) is 0 Å². The monoisotopic (exact) mass is 210 g/mol. The summed E-state index contributed by atoms with van der Waals surface area (Å²) >= 11 is 0. The first-order valence-corrected chi connectivity index (χ1v) is 4.22. The van der Waals surface area contributed by atoms with Crippen molar-refractivity contribution in [2.45, 2.75) is 6.54 Å². The smallest absolute Gasteiger partial charge is 0.330 e. The van der Waals surface area contributed by atoms with Gasteiger partial charge in [0.05, 0.1) is 6.54 Å². The van der Waals surface area contributed by atoms with Crippen LogP contribution < -0.4 is 11.2 Å². The summed E-state index contributed by atoms with van der Waals surface area (Å²) in [7, 11) is 0. The van der Waals surface area contributed by atoms with Gasteiger partial charge < -0.3 is 4.74 Å². The first-order valence-electron chi connectivity index (χ1n) is 4.22. The third kappa shape index (κ3) is 3.26. The molecule has 0 unspecified atom stereocenters. The standard InChI is InChI=1S/C9H10N2O4/c1-2-8(13)15-6-5-11-4-3-7(12)10-9(11)14/h2-4H,1,5-6H2,(H,10,12,14). The van der Waals surface area contributed by atoms with E-state index >= 15 is 0 Å². The molecule has 0 aliphatic carbocycles. The topological polar surface area (TPSA) is 81.2 Å². The van der Waals surface area contributed by atoms with Gasteiger partial charge in [-0.25, -0.2) is 9.59 Å². The highest BCUT2D eigenvalue weighted by Gasteiger charge is 1.98. The van der Waals surface area contributed by atoms with Crippen LogP contribution in [-0.4, -0.2) is 22.1 Å². The largest absolute Gasteiger partial charge is 0.461 e. The van der Waals surface area contributed by atoms with Gasteiger partial charge in [-0.3, -0.25) is 14.3 Å². The highest BCUT2D eigenvalue weighted by molar-refractivity contribution is 5.81. The molecule has 1 N–H and O–H groups in total. The predicted molar refractivity (Wildman–Crippen MR) is 52.5 cm³/mol. The Morgan fingerprint density at radius 3 is 2.93 bits per heavy atom. The summed E-state index contributed by atoms with van der Waals surface area (Å²) < 4.78 is 5.91. The number of ether oxygens (including phenoxy) is 1. The van der Waals surface area contributed by atoms with Crippen molar-refractivity contribution in [1.82, 2.24) is 9.55 Å². The first kappa shape index (κ1) is 11.0. The Morgan fingerprint density at radius 2 is 2.33 bits per heavy atom. The Bertz CT molecular complexity index is 471. The number of H-pyrrole nitrogens is 1. The number of carbonyl (C=O) groups excluding carboxylic acids is 1. The lowest BCUT2D eigenvalue weighted by Gasteiger charge is -2.04. The fourth-order valence-corrected chi connectivity index (χ4v) is 0.924. The molecule has 6 nitrogen and oxygen atoms in total. The zero-order chi connectivity index (χ0) is 11.3. The lowest BCUT2D eigenvalue weighted by atomic mass is 10.6. The fraction of sp³-hybridized carbons (Fsp3) is 0.222. The van der Waals surface area contributed by atoms with Crippen LogP contribution in [0.15, 0.2) is 34.5 Å². The Labute approximate surface area is 84.8 Å². The number of rotatable bonds is 4. The van der Waals surface area contributed by atoms with Gasteiger partial charge in [0.25, 0.3) is 5.56 Å². The molecule has 0 saturated heterocycles. The van der Waals surface area contributed by atoms with Crippen LogP contribution in [0, 0.1) is 0 Å². The van der Waals surface area contributed by atoms with Crippen molar-refractivity contribution in [3.05, 3.63) is 45.8 Å². The number of hydrogen-bond donors (Lipinski definition) is 1.